The van der Waals surface area contributed by atoms with Crippen LogP contribution >= 0.6 is 11.6 Å². The molecule has 0 radical (unpaired) electrons. The number of carbonyl (C=O) groups is 1. The predicted octanol–water partition coefficient (Wildman–Crippen LogP) is 3.79. The van der Waals surface area contributed by atoms with Gasteiger partial charge in [0.2, 0.25) is 0 Å². The summed E-state index contributed by atoms with van der Waals surface area (Å²) in [6, 6.07) is 8.28. The number of hydroxylamine groups is 1. The van der Waals surface area contributed by atoms with Gasteiger partial charge in [-0.05, 0) is 49.9 Å². The summed E-state index contributed by atoms with van der Waals surface area (Å²) < 4.78 is 5.41. The first-order chi connectivity index (χ1) is 16.2. The highest BCUT2D eigenvalue weighted by atomic mass is 35.5. The van der Waals surface area contributed by atoms with Gasteiger partial charge >= 0.3 is 0 Å². The molecule has 0 bridgehead atoms. The number of halogens is 1. The van der Waals surface area contributed by atoms with Crippen LogP contribution in [0.4, 0.5) is 5.82 Å². The van der Waals surface area contributed by atoms with Crippen molar-refractivity contribution < 1.29 is 14.4 Å². The summed E-state index contributed by atoms with van der Waals surface area (Å²) in [5.74, 6) is 0.355. The van der Waals surface area contributed by atoms with E-state index < -0.39 is 0 Å². The molecule has 1 unspecified atom stereocenters. The molecule has 2 N–H and O–H groups in total. The summed E-state index contributed by atoms with van der Waals surface area (Å²) in [4.78, 5) is 28.4. The highest BCUT2D eigenvalue weighted by Gasteiger charge is 2.21. The number of benzene rings is 1. The quantitative estimate of drug-likeness (QED) is 0.447. The van der Waals surface area contributed by atoms with Crippen LogP contribution in [0.2, 0.25) is 5.02 Å². The summed E-state index contributed by atoms with van der Waals surface area (Å²) in [7, 11) is 0. The van der Waals surface area contributed by atoms with Gasteiger partial charge in [0, 0.05) is 43.3 Å². The molecular weight excluding hydrogens is 442 g/mol. The number of hydrogen-bond donors (Lipinski definition) is 2. The predicted molar refractivity (Wildman–Crippen MR) is 127 cm³/mol. The lowest BCUT2D eigenvalue weighted by atomic mass is 10.0. The average molecular weight is 472 g/mol. The molecule has 2 saturated heterocycles. The largest absolute Gasteiger partial charge is 0.365 e. The van der Waals surface area contributed by atoms with Crippen molar-refractivity contribution in [3.05, 3.63) is 59.0 Å². The minimum Gasteiger partial charge on any atom is -0.365 e. The molecule has 176 valence electrons. The number of amides is 1. The minimum absolute atomic E-state index is 0.293. The molecule has 2 fully saturated rings. The zero-order valence-corrected chi connectivity index (χ0v) is 19.3. The molecule has 1 aromatic heterocycles. The zero-order chi connectivity index (χ0) is 22.9. The Bertz CT molecular complexity index is 934. The molecule has 3 heterocycles. The number of anilines is 1. The molecular formula is C24H30ClN5O3. The molecule has 2 aromatic rings. The first kappa shape index (κ1) is 23.6. The Morgan fingerprint density at radius 1 is 1.21 bits per heavy atom. The minimum atomic E-state index is -0.373. The fourth-order valence-electron chi connectivity index (χ4n) is 4.02. The maximum Gasteiger partial charge on any atom is 0.267 e. The van der Waals surface area contributed by atoms with E-state index in [0.29, 0.717) is 18.3 Å². The SMILES string of the molecule is O=C(/C=C/c1cnc(N[C@@H]2CCCN(Cc3ccccc3Cl)C2)cn1)NOC1CCCCO1. The summed E-state index contributed by atoms with van der Waals surface area (Å²) >= 11 is 6.32. The van der Waals surface area contributed by atoms with Gasteiger partial charge in [-0.25, -0.2) is 15.3 Å². The third-order valence-electron chi connectivity index (χ3n) is 5.72. The van der Waals surface area contributed by atoms with Gasteiger partial charge in [-0.1, -0.05) is 29.8 Å². The first-order valence-electron chi connectivity index (χ1n) is 11.5. The van der Waals surface area contributed by atoms with Gasteiger partial charge in [-0.15, -0.1) is 0 Å². The number of nitrogens with zero attached hydrogens (tertiary/aromatic N) is 3. The fraction of sp³-hybridized carbons (Fsp3) is 0.458. The van der Waals surface area contributed by atoms with Crippen LogP contribution in [0, 0.1) is 0 Å². The molecule has 1 aromatic carbocycles. The van der Waals surface area contributed by atoms with Crippen molar-refractivity contribution in [2.75, 3.05) is 25.0 Å². The molecule has 0 aliphatic carbocycles. The van der Waals surface area contributed by atoms with Gasteiger partial charge in [0.1, 0.15) is 5.82 Å². The van der Waals surface area contributed by atoms with Gasteiger partial charge < -0.3 is 10.1 Å². The smallest absolute Gasteiger partial charge is 0.267 e. The Morgan fingerprint density at radius 3 is 2.91 bits per heavy atom. The van der Waals surface area contributed by atoms with Crippen molar-refractivity contribution in [1.82, 2.24) is 20.3 Å². The lowest BCUT2D eigenvalue weighted by Crippen LogP contribution is -2.41. The van der Waals surface area contributed by atoms with E-state index in [1.165, 1.54) is 6.08 Å². The van der Waals surface area contributed by atoms with Crippen molar-refractivity contribution in [1.29, 1.82) is 0 Å². The molecule has 9 heteroatoms. The highest BCUT2D eigenvalue weighted by Crippen LogP contribution is 2.21. The van der Waals surface area contributed by atoms with Crippen molar-refractivity contribution >= 4 is 29.4 Å². The Labute approximate surface area is 199 Å². The monoisotopic (exact) mass is 471 g/mol. The van der Waals surface area contributed by atoms with Crippen LogP contribution in [0.3, 0.4) is 0 Å². The molecule has 0 saturated carbocycles. The van der Waals surface area contributed by atoms with E-state index in [4.69, 9.17) is 21.2 Å². The van der Waals surface area contributed by atoms with Crippen LogP contribution in [0.15, 0.2) is 42.7 Å². The molecule has 8 nitrogen and oxygen atoms in total. The summed E-state index contributed by atoms with van der Waals surface area (Å²) in [6.07, 6.45) is 11.0. The number of ether oxygens (including phenoxy) is 1. The zero-order valence-electron chi connectivity index (χ0n) is 18.6. The lowest BCUT2D eigenvalue weighted by molar-refractivity contribution is -0.198. The maximum atomic E-state index is 11.9. The van der Waals surface area contributed by atoms with Crippen LogP contribution in [0.5, 0.6) is 0 Å². The Morgan fingerprint density at radius 2 is 2.12 bits per heavy atom. The Kier molecular flexibility index (Phi) is 8.65. The Hall–Kier alpha value is -2.52. The van der Waals surface area contributed by atoms with Gasteiger partial charge in [-0.3, -0.25) is 14.7 Å². The van der Waals surface area contributed by atoms with Crippen LogP contribution in [-0.2, 0) is 20.9 Å². The number of hydrogen-bond acceptors (Lipinski definition) is 7. The normalized spacial score (nSPS) is 21.7. The maximum absolute atomic E-state index is 11.9. The third kappa shape index (κ3) is 7.50. The van der Waals surface area contributed by atoms with E-state index in [-0.39, 0.29) is 12.2 Å². The molecule has 2 aliphatic heterocycles. The number of carbonyl (C=O) groups excluding carboxylic acids is 1. The Balaban J connectivity index is 1.22. The van der Waals surface area contributed by atoms with Crippen LogP contribution < -0.4 is 10.8 Å². The van der Waals surface area contributed by atoms with E-state index in [2.05, 4.69) is 31.7 Å². The summed E-state index contributed by atoms with van der Waals surface area (Å²) in [5, 5.41) is 4.28. The second kappa shape index (κ2) is 12.1. The second-order valence-corrected chi connectivity index (χ2v) is 8.76. The van der Waals surface area contributed by atoms with Gasteiger partial charge in [-0.2, -0.15) is 0 Å². The molecule has 0 spiro atoms. The van der Waals surface area contributed by atoms with Crippen molar-refractivity contribution in [3.8, 4) is 0 Å². The van der Waals surface area contributed by atoms with E-state index >= 15 is 0 Å². The summed E-state index contributed by atoms with van der Waals surface area (Å²) in [6.45, 7) is 3.47. The number of likely N-dealkylation sites (tertiary alicyclic amines) is 1. The highest BCUT2D eigenvalue weighted by molar-refractivity contribution is 6.31. The van der Waals surface area contributed by atoms with Gasteiger partial charge in [0.05, 0.1) is 18.1 Å². The van der Waals surface area contributed by atoms with E-state index in [9.17, 15) is 4.79 Å². The van der Waals surface area contributed by atoms with Crippen LogP contribution in [0.25, 0.3) is 6.08 Å². The lowest BCUT2D eigenvalue weighted by Gasteiger charge is -2.33. The molecule has 1 amide bonds. The van der Waals surface area contributed by atoms with E-state index in [0.717, 1.165) is 68.1 Å². The second-order valence-electron chi connectivity index (χ2n) is 8.35. The number of nitrogens with one attached hydrogen (secondary N) is 2. The standard InChI is InChI=1S/C24H30ClN5O3/c25-21-8-2-1-6-18(21)16-30-12-5-7-20(17-30)28-22-15-26-19(14-27-22)10-11-23(31)29-33-24-9-3-4-13-32-24/h1-2,6,8,10-11,14-15,20,24H,3-5,7,9,12-13,16-17H2,(H,27,28)(H,29,31)/b11-10+/t20-,24?/m1/s1. The molecule has 2 aliphatic rings. The van der Waals surface area contributed by atoms with Gasteiger partial charge in [0.15, 0.2) is 6.29 Å². The first-order valence-corrected chi connectivity index (χ1v) is 11.8. The summed E-state index contributed by atoms with van der Waals surface area (Å²) in [5.41, 5.74) is 4.13. The van der Waals surface area contributed by atoms with Crippen molar-refractivity contribution in [3.63, 3.8) is 0 Å². The fourth-order valence-corrected chi connectivity index (χ4v) is 4.21. The molecule has 4 rings (SSSR count). The number of rotatable bonds is 8. The molecule has 2 atom stereocenters. The third-order valence-corrected chi connectivity index (χ3v) is 6.08. The van der Waals surface area contributed by atoms with E-state index in [1.54, 1.807) is 18.5 Å². The van der Waals surface area contributed by atoms with E-state index in [1.807, 2.05) is 18.2 Å². The average Bonchev–Trinajstić information content (AvgIpc) is 2.85. The van der Waals surface area contributed by atoms with Crippen LogP contribution in [0.1, 0.15) is 43.4 Å². The number of piperidine rings is 1. The van der Waals surface area contributed by atoms with Gasteiger partial charge in [0.25, 0.3) is 5.91 Å². The topological polar surface area (TPSA) is 88.6 Å². The van der Waals surface area contributed by atoms with Crippen molar-refractivity contribution in [2.45, 2.75) is 51.0 Å². The molecule has 33 heavy (non-hydrogen) atoms. The van der Waals surface area contributed by atoms with Crippen molar-refractivity contribution in [2.24, 2.45) is 0 Å². The van der Waals surface area contributed by atoms with Crippen LogP contribution in [-0.4, -0.2) is 52.8 Å². The number of aromatic nitrogens is 2.